The highest BCUT2D eigenvalue weighted by Crippen LogP contribution is 2.16. The zero-order chi connectivity index (χ0) is 14.3. The summed E-state index contributed by atoms with van der Waals surface area (Å²) in [7, 11) is 0. The summed E-state index contributed by atoms with van der Waals surface area (Å²) >= 11 is 0. The molecule has 3 heterocycles. The fraction of sp³-hybridized carbons (Fsp3) is 0.600. The van der Waals surface area contributed by atoms with Crippen molar-refractivity contribution in [3.05, 3.63) is 23.9 Å². The molecule has 0 spiro atoms. The first-order valence-electron chi connectivity index (χ1n) is 7.60. The van der Waals surface area contributed by atoms with Crippen LogP contribution in [0.3, 0.4) is 0 Å². The van der Waals surface area contributed by atoms with Crippen molar-refractivity contribution in [2.24, 2.45) is 4.99 Å². The Bertz CT molecular complexity index is 486. The molecule has 0 saturated carbocycles. The van der Waals surface area contributed by atoms with Crippen molar-refractivity contribution < 1.29 is 9.47 Å². The minimum absolute atomic E-state index is 0.636. The van der Waals surface area contributed by atoms with Crippen molar-refractivity contribution in [1.82, 2.24) is 15.2 Å². The monoisotopic (exact) mass is 290 g/mol. The summed E-state index contributed by atoms with van der Waals surface area (Å²) in [5, 5.41) is 3.32. The number of hydrogen-bond acceptors (Lipinski definition) is 6. The van der Waals surface area contributed by atoms with Gasteiger partial charge in [-0.15, -0.1) is 0 Å². The number of nitrogens with zero attached hydrogens (tertiary/aromatic N) is 3. The lowest BCUT2D eigenvalue weighted by molar-refractivity contribution is 0.0320. The fourth-order valence-electron chi connectivity index (χ4n) is 2.50. The van der Waals surface area contributed by atoms with Crippen LogP contribution >= 0.6 is 0 Å². The van der Waals surface area contributed by atoms with Gasteiger partial charge in [0.25, 0.3) is 0 Å². The van der Waals surface area contributed by atoms with Crippen LogP contribution < -0.4 is 10.1 Å². The summed E-state index contributed by atoms with van der Waals surface area (Å²) in [5.74, 6) is 1.56. The topological polar surface area (TPSA) is 59.0 Å². The molecule has 6 nitrogen and oxygen atoms in total. The predicted molar refractivity (Wildman–Crippen MR) is 81.0 cm³/mol. The van der Waals surface area contributed by atoms with Crippen LogP contribution in [-0.2, 0) is 4.74 Å². The van der Waals surface area contributed by atoms with Gasteiger partial charge in [-0.1, -0.05) is 0 Å². The smallest absolute Gasteiger partial charge is 0.224 e. The summed E-state index contributed by atoms with van der Waals surface area (Å²) in [6.07, 6.45) is 2.84. The fourth-order valence-corrected chi connectivity index (χ4v) is 2.50. The van der Waals surface area contributed by atoms with Crippen LogP contribution in [-0.4, -0.2) is 68.3 Å². The first kappa shape index (κ1) is 14.3. The van der Waals surface area contributed by atoms with Crippen LogP contribution in [0.4, 0.5) is 0 Å². The molecule has 0 amide bonds. The maximum Gasteiger partial charge on any atom is 0.224 e. The van der Waals surface area contributed by atoms with Gasteiger partial charge in [-0.3, -0.25) is 9.89 Å². The second-order valence-corrected chi connectivity index (χ2v) is 5.17. The van der Waals surface area contributed by atoms with E-state index in [1.807, 2.05) is 12.1 Å². The molecule has 2 aliphatic heterocycles. The van der Waals surface area contributed by atoms with E-state index in [4.69, 9.17) is 9.47 Å². The Balaban J connectivity index is 1.58. The standard InChI is InChI=1S/C15H22N4O2/c1-3-13(14-16-5-2-6-17-14)15(18-4-1)21-12-9-19-7-10-20-11-8-19/h1,3-4H,2,5-12H2,(H,16,17). The molecule has 0 bridgehead atoms. The summed E-state index contributed by atoms with van der Waals surface area (Å²) in [5.41, 5.74) is 0.958. The summed E-state index contributed by atoms with van der Waals surface area (Å²) < 4.78 is 11.2. The highest BCUT2D eigenvalue weighted by atomic mass is 16.5. The van der Waals surface area contributed by atoms with E-state index in [1.54, 1.807) is 6.20 Å². The van der Waals surface area contributed by atoms with Crippen molar-refractivity contribution in [3.63, 3.8) is 0 Å². The van der Waals surface area contributed by atoms with Crippen molar-refractivity contribution in [3.8, 4) is 5.88 Å². The second-order valence-electron chi connectivity index (χ2n) is 5.17. The molecular weight excluding hydrogens is 268 g/mol. The SMILES string of the molecule is c1cnc(OCCN2CCOCC2)c(C2=NCCCN2)c1. The highest BCUT2D eigenvalue weighted by Gasteiger charge is 2.14. The Morgan fingerprint density at radius 1 is 1.33 bits per heavy atom. The third-order valence-corrected chi connectivity index (χ3v) is 3.67. The number of amidine groups is 1. The molecule has 21 heavy (non-hydrogen) atoms. The average molecular weight is 290 g/mol. The molecule has 0 aromatic carbocycles. The van der Waals surface area contributed by atoms with E-state index < -0.39 is 0 Å². The summed E-state index contributed by atoms with van der Waals surface area (Å²) in [6, 6.07) is 3.93. The lowest BCUT2D eigenvalue weighted by atomic mass is 10.2. The Hall–Kier alpha value is -1.66. The van der Waals surface area contributed by atoms with Gasteiger partial charge in [0.1, 0.15) is 12.4 Å². The molecule has 2 aliphatic rings. The van der Waals surface area contributed by atoms with Crippen LogP contribution in [0, 0.1) is 0 Å². The second kappa shape index (κ2) is 7.38. The Labute approximate surface area is 125 Å². The van der Waals surface area contributed by atoms with Gasteiger partial charge in [-0.2, -0.15) is 0 Å². The number of ether oxygens (including phenoxy) is 2. The molecule has 6 heteroatoms. The molecule has 0 radical (unpaired) electrons. The number of morpholine rings is 1. The van der Waals surface area contributed by atoms with Gasteiger partial charge in [0.05, 0.1) is 18.8 Å². The van der Waals surface area contributed by atoms with Crippen LogP contribution in [0.5, 0.6) is 5.88 Å². The molecule has 1 N–H and O–H groups in total. The van der Waals surface area contributed by atoms with Gasteiger partial charge in [0.2, 0.25) is 5.88 Å². The van der Waals surface area contributed by atoms with Gasteiger partial charge < -0.3 is 14.8 Å². The van der Waals surface area contributed by atoms with Crippen LogP contribution in [0.15, 0.2) is 23.3 Å². The third kappa shape index (κ3) is 3.92. The Morgan fingerprint density at radius 3 is 3.05 bits per heavy atom. The van der Waals surface area contributed by atoms with Crippen molar-refractivity contribution >= 4 is 5.84 Å². The number of aliphatic imine (C=N–C) groups is 1. The molecule has 1 aromatic heterocycles. The van der Waals surface area contributed by atoms with Gasteiger partial charge in [-0.05, 0) is 18.6 Å². The van der Waals surface area contributed by atoms with E-state index in [0.717, 1.165) is 63.8 Å². The predicted octanol–water partition coefficient (Wildman–Crippen LogP) is 0.532. The highest BCUT2D eigenvalue weighted by molar-refractivity contribution is 6.00. The normalized spacial score (nSPS) is 19.7. The van der Waals surface area contributed by atoms with Crippen LogP contribution in [0.2, 0.25) is 0 Å². The van der Waals surface area contributed by atoms with Crippen molar-refractivity contribution in [2.75, 3.05) is 52.5 Å². The lowest BCUT2D eigenvalue weighted by Gasteiger charge is -2.26. The zero-order valence-electron chi connectivity index (χ0n) is 12.3. The Morgan fingerprint density at radius 2 is 2.24 bits per heavy atom. The largest absolute Gasteiger partial charge is 0.476 e. The van der Waals surface area contributed by atoms with Crippen LogP contribution in [0.25, 0.3) is 0 Å². The molecule has 0 atom stereocenters. The van der Waals surface area contributed by atoms with E-state index in [-0.39, 0.29) is 0 Å². The molecule has 0 aliphatic carbocycles. The van der Waals surface area contributed by atoms with E-state index >= 15 is 0 Å². The maximum atomic E-state index is 5.88. The number of nitrogens with one attached hydrogen (secondary N) is 1. The van der Waals surface area contributed by atoms with Crippen molar-refractivity contribution in [1.29, 1.82) is 0 Å². The number of aromatic nitrogens is 1. The van der Waals surface area contributed by atoms with E-state index in [9.17, 15) is 0 Å². The number of hydrogen-bond donors (Lipinski definition) is 1. The maximum absolute atomic E-state index is 5.88. The molecule has 3 rings (SSSR count). The lowest BCUT2D eigenvalue weighted by Crippen LogP contribution is -2.38. The van der Waals surface area contributed by atoms with Gasteiger partial charge in [-0.25, -0.2) is 4.98 Å². The van der Waals surface area contributed by atoms with Gasteiger partial charge >= 0.3 is 0 Å². The molecular formula is C15H22N4O2. The summed E-state index contributed by atoms with van der Waals surface area (Å²) in [6.45, 7) is 6.95. The molecule has 114 valence electrons. The quantitative estimate of drug-likeness (QED) is 0.857. The van der Waals surface area contributed by atoms with Crippen molar-refractivity contribution in [2.45, 2.75) is 6.42 Å². The minimum Gasteiger partial charge on any atom is -0.476 e. The summed E-state index contributed by atoms with van der Waals surface area (Å²) in [4.78, 5) is 11.2. The molecule has 1 fully saturated rings. The molecule has 1 aromatic rings. The average Bonchev–Trinajstić information content (AvgIpc) is 2.57. The van der Waals surface area contributed by atoms with Crippen LogP contribution in [0.1, 0.15) is 12.0 Å². The van der Waals surface area contributed by atoms with E-state index in [1.165, 1.54) is 0 Å². The number of rotatable bonds is 5. The molecule has 1 saturated heterocycles. The van der Waals surface area contributed by atoms with Gasteiger partial charge in [0, 0.05) is 38.9 Å². The third-order valence-electron chi connectivity index (χ3n) is 3.67. The first-order valence-corrected chi connectivity index (χ1v) is 7.60. The molecule has 0 unspecified atom stereocenters. The Kier molecular flexibility index (Phi) is 5.02. The van der Waals surface area contributed by atoms with Gasteiger partial charge in [0.15, 0.2) is 0 Å². The van der Waals surface area contributed by atoms with E-state index in [2.05, 4.69) is 20.2 Å². The first-order chi connectivity index (χ1) is 10.4. The van der Waals surface area contributed by atoms with E-state index in [0.29, 0.717) is 12.5 Å². The zero-order valence-corrected chi connectivity index (χ0v) is 12.3. The minimum atomic E-state index is 0.636. The number of pyridine rings is 1.